The predicted octanol–water partition coefficient (Wildman–Crippen LogP) is 2.16. The molecule has 0 amide bonds. The lowest BCUT2D eigenvalue weighted by Crippen LogP contribution is -2.17. The summed E-state index contributed by atoms with van der Waals surface area (Å²) in [4.78, 5) is 12.7. The zero-order chi connectivity index (χ0) is 13.2. The molecule has 0 fully saturated rings. The summed E-state index contributed by atoms with van der Waals surface area (Å²) in [6.45, 7) is 6.63. The third-order valence-corrected chi connectivity index (χ3v) is 2.46. The monoisotopic (exact) mass is 266 g/mol. The number of aromatic amines is 1. The van der Waals surface area contributed by atoms with Gasteiger partial charge in [-0.3, -0.25) is 5.10 Å². The highest BCUT2D eigenvalue weighted by molar-refractivity contribution is 6.29. The number of aromatic nitrogens is 5. The average Bonchev–Trinajstić information content (AvgIpc) is 2.77. The van der Waals surface area contributed by atoms with Gasteiger partial charge in [-0.2, -0.15) is 5.10 Å². The number of hydrogen-bond acceptors (Lipinski definition) is 5. The molecule has 7 heteroatoms. The zero-order valence-electron chi connectivity index (χ0n) is 10.5. The van der Waals surface area contributed by atoms with Crippen LogP contribution in [-0.2, 0) is 12.0 Å². The van der Waals surface area contributed by atoms with Gasteiger partial charge in [0.2, 0.25) is 0 Å². The van der Waals surface area contributed by atoms with E-state index in [4.69, 9.17) is 11.6 Å². The van der Waals surface area contributed by atoms with E-state index in [0.29, 0.717) is 23.3 Å². The summed E-state index contributed by atoms with van der Waals surface area (Å²) in [7, 11) is 0. The maximum Gasteiger partial charge on any atom is 0.143 e. The fourth-order valence-corrected chi connectivity index (χ4v) is 1.52. The van der Waals surface area contributed by atoms with Crippen LogP contribution >= 0.6 is 11.6 Å². The quantitative estimate of drug-likeness (QED) is 0.832. The third kappa shape index (κ3) is 3.16. The van der Waals surface area contributed by atoms with E-state index in [1.807, 2.05) is 20.8 Å². The van der Waals surface area contributed by atoms with Crippen molar-refractivity contribution in [2.45, 2.75) is 32.7 Å². The van der Waals surface area contributed by atoms with E-state index < -0.39 is 0 Å². The first-order chi connectivity index (χ1) is 8.45. The van der Waals surface area contributed by atoms with Gasteiger partial charge in [-0.1, -0.05) is 32.4 Å². The highest BCUT2D eigenvalue weighted by Gasteiger charge is 2.18. The van der Waals surface area contributed by atoms with Crippen molar-refractivity contribution in [2.24, 2.45) is 0 Å². The Balaban J connectivity index is 2.15. The Labute approximate surface area is 110 Å². The number of nitrogens with one attached hydrogen (secondary N) is 2. The van der Waals surface area contributed by atoms with Crippen LogP contribution in [0.1, 0.15) is 32.4 Å². The van der Waals surface area contributed by atoms with Gasteiger partial charge in [-0.15, -0.1) is 0 Å². The van der Waals surface area contributed by atoms with Gasteiger partial charge in [-0.25, -0.2) is 15.0 Å². The SMILES string of the molecule is CC(C)(C)c1nc(Cl)cc(NCc2ncn[nH]2)n1. The lowest BCUT2D eigenvalue weighted by molar-refractivity contribution is 0.546. The van der Waals surface area contributed by atoms with Gasteiger partial charge >= 0.3 is 0 Å². The molecule has 2 aromatic heterocycles. The molecule has 0 aromatic carbocycles. The first-order valence-electron chi connectivity index (χ1n) is 5.58. The van der Waals surface area contributed by atoms with E-state index >= 15 is 0 Å². The maximum absolute atomic E-state index is 5.99. The van der Waals surface area contributed by atoms with E-state index in [-0.39, 0.29) is 5.41 Å². The Morgan fingerprint density at radius 2 is 2.11 bits per heavy atom. The minimum atomic E-state index is -0.145. The first kappa shape index (κ1) is 12.8. The Morgan fingerprint density at radius 1 is 1.33 bits per heavy atom. The summed E-state index contributed by atoms with van der Waals surface area (Å²) in [5, 5.41) is 10.1. The summed E-state index contributed by atoms with van der Waals surface area (Å²) in [5.41, 5.74) is -0.145. The van der Waals surface area contributed by atoms with Gasteiger partial charge in [0.05, 0.1) is 6.54 Å². The van der Waals surface area contributed by atoms with Gasteiger partial charge in [-0.05, 0) is 0 Å². The molecule has 2 heterocycles. The van der Waals surface area contributed by atoms with Gasteiger partial charge in [0.25, 0.3) is 0 Å². The maximum atomic E-state index is 5.99. The third-order valence-electron chi connectivity index (χ3n) is 2.27. The molecule has 0 saturated heterocycles. The van der Waals surface area contributed by atoms with Crippen molar-refractivity contribution < 1.29 is 0 Å². The second kappa shape index (κ2) is 4.89. The minimum Gasteiger partial charge on any atom is -0.363 e. The Bertz CT molecular complexity index is 517. The van der Waals surface area contributed by atoms with Crippen molar-refractivity contribution in [2.75, 3.05) is 5.32 Å². The summed E-state index contributed by atoms with van der Waals surface area (Å²) in [5.74, 6) is 2.12. The van der Waals surface area contributed by atoms with Crippen LogP contribution in [0, 0.1) is 0 Å². The lowest BCUT2D eigenvalue weighted by atomic mass is 9.96. The fraction of sp³-hybridized carbons (Fsp3) is 0.455. The van der Waals surface area contributed by atoms with E-state index in [0.717, 1.165) is 5.82 Å². The number of halogens is 1. The van der Waals surface area contributed by atoms with Crippen molar-refractivity contribution in [1.29, 1.82) is 0 Å². The fourth-order valence-electron chi connectivity index (χ4n) is 1.33. The molecule has 6 nitrogen and oxygen atoms in total. The van der Waals surface area contributed by atoms with E-state index in [1.165, 1.54) is 6.33 Å². The van der Waals surface area contributed by atoms with Crippen LogP contribution in [0.2, 0.25) is 5.15 Å². The molecule has 96 valence electrons. The van der Waals surface area contributed by atoms with Crippen molar-refractivity contribution >= 4 is 17.4 Å². The highest BCUT2D eigenvalue weighted by atomic mass is 35.5. The number of nitrogens with zero attached hydrogens (tertiary/aromatic N) is 4. The first-order valence-corrected chi connectivity index (χ1v) is 5.96. The molecule has 0 radical (unpaired) electrons. The van der Waals surface area contributed by atoms with Crippen molar-refractivity contribution in [3.8, 4) is 0 Å². The summed E-state index contributed by atoms with van der Waals surface area (Å²) >= 11 is 5.99. The highest BCUT2D eigenvalue weighted by Crippen LogP contribution is 2.22. The van der Waals surface area contributed by atoms with Crippen LogP contribution in [0.25, 0.3) is 0 Å². The second-order valence-electron chi connectivity index (χ2n) is 4.94. The van der Waals surface area contributed by atoms with Gasteiger partial charge in [0, 0.05) is 11.5 Å². The largest absolute Gasteiger partial charge is 0.363 e. The summed E-state index contributed by atoms with van der Waals surface area (Å²) < 4.78 is 0. The Kier molecular flexibility index (Phi) is 3.47. The van der Waals surface area contributed by atoms with Crippen molar-refractivity contribution in [3.63, 3.8) is 0 Å². The smallest absolute Gasteiger partial charge is 0.143 e. The molecule has 0 atom stereocenters. The molecule has 2 rings (SSSR count). The number of rotatable bonds is 3. The van der Waals surface area contributed by atoms with Gasteiger partial charge in [0.1, 0.15) is 28.9 Å². The van der Waals surface area contributed by atoms with E-state index in [1.54, 1.807) is 6.07 Å². The van der Waals surface area contributed by atoms with Gasteiger partial charge < -0.3 is 5.32 Å². The normalized spacial score (nSPS) is 11.6. The molecular formula is C11H15ClN6. The number of hydrogen-bond donors (Lipinski definition) is 2. The molecule has 0 aliphatic carbocycles. The molecule has 0 aliphatic rings. The standard InChI is InChI=1S/C11H15ClN6/c1-11(2,3)10-16-7(12)4-8(17-10)13-5-9-14-6-15-18-9/h4,6H,5H2,1-3H3,(H,13,16,17)(H,14,15,18). The Hall–Kier alpha value is -1.69. The van der Waals surface area contributed by atoms with E-state index in [9.17, 15) is 0 Å². The molecule has 2 N–H and O–H groups in total. The molecule has 0 unspecified atom stereocenters. The number of anilines is 1. The topological polar surface area (TPSA) is 79.4 Å². The van der Waals surface area contributed by atoms with Crippen molar-refractivity contribution in [3.05, 3.63) is 29.2 Å². The van der Waals surface area contributed by atoms with Crippen LogP contribution in [0.3, 0.4) is 0 Å². The minimum absolute atomic E-state index is 0.145. The predicted molar refractivity (Wildman–Crippen MR) is 69.5 cm³/mol. The molecule has 0 spiro atoms. The number of H-pyrrole nitrogens is 1. The van der Waals surface area contributed by atoms with Crippen LogP contribution < -0.4 is 5.32 Å². The lowest BCUT2D eigenvalue weighted by Gasteiger charge is -2.17. The molecular weight excluding hydrogens is 252 g/mol. The summed E-state index contributed by atoms with van der Waals surface area (Å²) in [6.07, 6.45) is 1.46. The van der Waals surface area contributed by atoms with Crippen LogP contribution in [-0.4, -0.2) is 25.1 Å². The van der Waals surface area contributed by atoms with Crippen LogP contribution in [0.15, 0.2) is 12.4 Å². The van der Waals surface area contributed by atoms with Crippen LogP contribution in [0.5, 0.6) is 0 Å². The molecule has 0 aliphatic heterocycles. The molecule has 2 aromatic rings. The zero-order valence-corrected chi connectivity index (χ0v) is 11.3. The Morgan fingerprint density at radius 3 is 2.72 bits per heavy atom. The molecule has 18 heavy (non-hydrogen) atoms. The van der Waals surface area contributed by atoms with Gasteiger partial charge in [0.15, 0.2) is 0 Å². The van der Waals surface area contributed by atoms with E-state index in [2.05, 4.69) is 30.5 Å². The molecule has 0 saturated carbocycles. The second-order valence-corrected chi connectivity index (χ2v) is 5.32. The van der Waals surface area contributed by atoms with Crippen molar-refractivity contribution in [1.82, 2.24) is 25.1 Å². The summed E-state index contributed by atoms with van der Waals surface area (Å²) in [6, 6.07) is 1.69. The molecule has 0 bridgehead atoms. The average molecular weight is 267 g/mol. The van der Waals surface area contributed by atoms with Crippen LogP contribution in [0.4, 0.5) is 5.82 Å².